The summed E-state index contributed by atoms with van der Waals surface area (Å²) in [7, 11) is 0. The van der Waals surface area contributed by atoms with E-state index in [1.807, 2.05) is 6.92 Å². The van der Waals surface area contributed by atoms with Gasteiger partial charge < -0.3 is 10.1 Å². The van der Waals surface area contributed by atoms with Gasteiger partial charge in [0.05, 0.1) is 12.5 Å². The van der Waals surface area contributed by atoms with Crippen molar-refractivity contribution in [1.29, 1.82) is 0 Å². The van der Waals surface area contributed by atoms with Crippen molar-refractivity contribution in [2.24, 2.45) is 11.8 Å². The number of hydrogen-bond acceptors (Lipinski definition) is 3. The Labute approximate surface area is 117 Å². The van der Waals surface area contributed by atoms with Gasteiger partial charge in [0.25, 0.3) is 0 Å². The van der Waals surface area contributed by atoms with E-state index >= 15 is 0 Å². The topological polar surface area (TPSA) is 38.3 Å². The predicted molar refractivity (Wildman–Crippen MR) is 76.9 cm³/mol. The van der Waals surface area contributed by atoms with Gasteiger partial charge in [-0.05, 0) is 44.9 Å². The molecule has 2 aliphatic rings. The van der Waals surface area contributed by atoms with Crippen LogP contribution in [0.1, 0.15) is 65.2 Å². The summed E-state index contributed by atoms with van der Waals surface area (Å²) in [6, 6.07) is 1.20. The predicted octanol–water partition coefficient (Wildman–Crippen LogP) is 3.28. The standard InChI is InChI=1S/C16H29NO2/c1-3-19-16(18)13-7-5-9-15(11-13)17-14-8-4-6-12(2)10-14/h12-15,17H,3-11H2,1-2H3. The number of nitrogens with one attached hydrogen (secondary N) is 1. The summed E-state index contributed by atoms with van der Waals surface area (Å²) in [6.45, 7) is 4.75. The number of rotatable bonds is 4. The SMILES string of the molecule is CCOC(=O)C1CCCC(NC2CCCC(C)C2)C1. The molecule has 3 heteroatoms. The summed E-state index contributed by atoms with van der Waals surface area (Å²) < 4.78 is 5.17. The Balaban J connectivity index is 1.78. The molecule has 2 aliphatic carbocycles. The Morgan fingerprint density at radius 3 is 2.47 bits per heavy atom. The van der Waals surface area contributed by atoms with Crippen molar-refractivity contribution in [3.63, 3.8) is 0 Å². The first-order valence-corrected chi connectivity index (χ1v) is 8.11. The normalized spacial score (nSPS) is 35.9. The van der Waals surface area contributed by atoms with Gasteiger partial charge in [-0.1, -0.05) is 26.2 Å². The van der Waals surface area contributed by atoms with Crippen LogP contribution in [0.15, 0.2) is 0 Å². The zero-order chi connectivity index (χ0) is 13.7. The van der Waals surface area contributed by atoms with Crippen LogP contribution < -0.4 is 5.32 Å². The largest absolute Gasteiger partial charge is 0.466 e. The van der Waals surface area contributed by atoms with Crippen LogP contribution in [0.2, 0.25) is 0 Å². The van der Waals surface area contributed by atoms with Gasteiger partial charge in [0.2, 0.25) is 0 Å². The summed E-state index contributed by atoms with van der Waals surface area (Å²) in [4.78, 5) is 11.8. The third kappa shape index (κ3) is 4.48. The van der Waals surface area contributed by atoms with Gasteiger partial charge in [0.1, 0.15) is 0 Å². The van der Waals surface area contributed by atoms with Crippen LogP contribution in [0.3, 0.4) is 0 Å². The van der Waals surface area contributed by atoms with E-state index in [0.717, 1.165) is 25.2 Å². The molecular formula is C16H29NO2. The van der Waals surface area contributed by atoms with Crippen molar-refractivity contribution >= 4 is 5.97 Å². The quantitative estimate of drug-likeness (QED) is 0.794. The van der Waals surface area contributed by atoms with Crippen LogP contribution in [0.25, 0.3) is 0 Å². The van der Waals surface area contributed by atoms with E-state index in [0.29, 0.717) is 18.7 Å². The van der Waals surface area contributed by atoms with Crippen LogP contribution in [-0.4, -0.2) is 24.7 Å². The lowest BCUT2D eigenvalue weighted by molar-refractivity contribution is -0.149. The molecule has 110 valence electrons. The highest BCUT2D eigenvalue weighted by atomic mass is 16.5. The summed E-state index contributed by atoms with van der Waals surface area (Å²) in [5.74, 6) is 1.01. The van der Waals surface area contributed by atoms with E-state index in [-0.39, 0.29) is 11.9 Å². The molecule has 0 bridgehead atoms. The molecular weight excluding hydrogens is 238 g/mol. The molecule has 4 unspecified atom stereocenters. The van der Waals surface area contributed by atoms with Crippen LogP contribution in [0.4, 0.5) is 0 Å². The van der Waals surface area contributed by atoms with Crippen LogP contribution in [0.5, 0.6) is 0 Å². The monoisotopic (exact) mass is 267 g/mol. The van der Waals surface area contributed by atoms with E-state index in [2.05, 4.69) is 12.2 Å². The number of carbonyl (C=O) groups excluding carboxylic acids is 1. The van der Waals surface area contributed by atoms with E-state index in [1.54, 1.807) is 0 Å². The minimum absolute atomic E-state index is 0.0195. The van der Waals surface area contributed by atoms with Gasteiger partial charge in [-0.2, -0.15) is 0 Å². The first-order chi connectivity index (χ1) is 9.19. The maximum atomic E-state index is 11.8. The van der Waals surface area contributed by atoms with Crippen molar-refractivity contribution in [3.8, 4) is 0 Å². The van der Waals surface area contributed by atoms with Gasteiger partial charge in [0.15, 0.2) is 0 Å². The van der Waals surface area contributed by atoms with Crippen molar-refractivity contribution in [3.05, 3.63) is 0 Å². The molecule has 0 radical (unpaired) electrons. The second kappa shape index (κ2) is 7.28. The summed E-state index contributed by atoms with van der Waals surface area (Å²) in [6.07, 6.45) is 9.72. The fourth-order valence-corrected chi connectivity index (χ4v) is 3.73. The second-order valence-electron chi connectivity index (χ2n) is 6.45. The lowest BCUT2D eigenvalue weighted by atomic mass is 9.83. The van der Waals surface area contributed by atoms with Gasteiger partial charge in [-0.25, -0.2) is 0 Å². The van der Waals surface area contributed by atoms with Crippen molar-refractivity contribution in [1.82, 2.24) is 5.32 Å². The minimum Gasteiger partial charge on any atom is -0.466 e. The highest BCUT2D eigenvalue weighted by Gasteiger charge is 2.30. The zero-order valence-corrected chi connectivity index (χ0v) is 12.5. The minimum atomic E-state index is 0.0195. The Bertz CT molecular complexity index is 292. The van der Waals surface area contributed by atoms with Crippen molar-refractivity contribution < 1.29 is 9.53 Å². The average Bonchev–Trinajstić information content (AvgIpc) is 2.39. The first-order valence-electron chi connectivity index (χ1n) is 8.11. The summed E-state index contributed by atoms with van der Waals surface area (Å²) in [5.41, 5.74) is 0. The lowest BCUT2D eigenvalue weighted by Gasteiger charge is -2.35. The third-order valence-corrected chi connectivity index (χ3v) is 4.70. The van der Waals surface area contributed by atoms with E-state index in [1.165, 1.54) is 32.1 Å². The fraction of sp³-hybridized carbons (Fsp3) is 0.938. The van der Waals surface area contributed by atoms with Crippen molar-refractivity contribution in [2.75, 3.05) is 6.61 Å². The third-order valence-electron chi connectivity index (χ3n) is 4.70. The maximum absolute atomic E-state index is 11.8. The van der Waals surface area contributed by atoms with Gasteiger partial charge in [0, 0.05) is 12.1 Å². The number of hydrogen-bond donors (Lipinski definition) is 1. The van der Waals surface area contributed by atoms with Gasteiger partial charge >= 0.3 is 5.97 Å². The van der Waals surface area contributed by atoms with Crippen LogP contribution in [0, 0.1) is 11.8 Å². The molecule has 2 fully saturated rings. The molecule has 0 saturated heterocycles. The van der Waals surface area contributed by atoms with Crippen molar-refractivity contribution in [2.45, 2.75) is 77.3 Å². The van der Waals surface area contributed by atoms with Crippen LogP contribution in [-0.2, 0) is 9.53 Å². The molecule has 4 atom stereocenters. The lowest BCUT2D eigenvalue weighted by Crippen LogP contribution is -2.44. The number of carbonyl (C=O) groups is 1. The molecule has 0 aromatic rings. The summed E-state index contributed by atoms with van der Waals surface area (Å²) in [5, 5.41) is 3.81. The first kappa shape index (κ1) is 14.8. The highest BCUT2D eigenvalue weighted by Crippen LogP contribution is 2.29. The molecule has 2 saturated carbocycles. The second-order valence-corrected chi connectivity index (χ2v) is 6.45. The molecule has 3 nitrogen and oxygen atoms in total. The Morgan fingerprint density at radius 1 is 1.11 bits per heavy atom. The van der Waals surface area contributed by atoms with Gasteiger partial charge in [-0.15, -0.1) is 0 Å². The maximum Gasteiger partial charge on any atom is 0.308 e. The van der Waals surface area contributed by atoms with E-state index in [4.69, 9.17) is 4.74 Å². The summed E-state index contributed by atoms with van der Waals surface area (Å²) >= 11 is 0. The average molecular weight is 267 g/mol. The molecule has 0 aromatic carbocycles. The van der Waals surface area contributed by atoms with Gasteiger partial charge in [-0.3, -0.25) is 4.79 Å². The zero-order valence-electron chi connectivity index (χ0n) is 12.5. The number of esters is 1. The molecule has 0 heterocycles. The molecule has 0 aliphatic heterocycles. The smallest absolute Gasteiger partial charge is 0.308 e. The van der Waals surface area contributed by atoms with E-state index in [9.17, 15) is 4.79 Å². The number of ether oxygens (including phenoxy) is 1. The molecule has 19 heavy (non-hydrogen) atoms. The molecule has 0 aromatic heterocycles. The highest BCUT2D eigenvalue weighted by molar-refractivity contribution is 5.72. The van der Waals surface area contributed by atoms with Crippen LogP contribution >= 0.6 is 0 Å². The van der Waals surface area contributed by atoms with E-state index < -0.39 is 0 Å². The Hall–Kier alpha value is -0.570. The molecule has 2 rings (SSSR count). The fourth-order valence-electron chi connectivity index (χ4n) is 3.73. The Kier molecular flexibility index (Phi) is 5.68. The molecule has 1 N–H and O–H groups in total. The molecule has 0 amide bonds. The molecule has 0 spiro atoms. The Morgan fingerprint density at radius 2 is 1.79 bits per heavy atom.